The number of fused-ring (bicyclic) bond motifs is 1. The zero-order valence-corrected chi connectivity index (χ0v) is 18.5. The molecule has 7 nitrogen and oxygen atoms in total. The summed E-state index contributed by atoms with van der Waals surface area (Å²) in [7, 11) is 0. The molecule has 33 heavy (non-hydrogen) atoms. The second-order valence-corrected chi connectivity index (χ2v) is 8.38. The van der Waals surface area contributed by atoms with Crippen LogP contribution in [0.1, 0.15) is 30.4 Å². The number of aryl methyl sites for hydroxylation is 1. The van der Waals surface area contributed by atoms with Crippen molar-refractivity contribution in [3.05, 3.63) is 59.4 Å². The van der Waals surface area contributed by atoms with E-state index in [0.29, 0.717) is 58.5 Å². The first-order chi connectivity index (χ1) is 16.0. The molecule has 0 bridgehead atoms. The van der Waals surface area contributed by atoms with Crippen LogP contribution in [0, 0.1) is 5.82 Å². The number of nitrogens with zero attached hydrogens (tertiary/aromatic N) is 2. The third-order valence-electron chi connectivity index (χ3n) is 6.03. The quantitative estimate of drug-likeness (QED) is 0.654. The Morgan fingerprint density at radius 1 is 0.939 bits per heavy atom. The fourth-order valence-corrected chi connectivity index (χ4v) is 4.12. The van der Waals surface area contributed by atoms with Crippen molar-refractivity contribution in [3.63, 3.8) is 0 Å². The predicted octanol–water partition coefficient (Wildman–Crippen LogP) is 2.78. The van der Waals surface area contributed by atoms with Crippen LogP contribution in [0.3, 0.4) is 0 Å². The molecule has 0 atom stereocenters. The number of ether oxygens (including phenoxy) is 1. The summed E-state index contributed by atoms with van der Waals surface area (Å²) in [6, 6.07) is 11.6. The van der Waals surface area contributed by atoms with Crippen LogP contribution in [-0.4, -0.2) is 60.3 Å². The topological polar surface area (TPSA) is 79.0 Å². The van der Waals surface area contributed by atoms with Crippen molar-refractivity contribution in [2.45, 2.75) is 32.1 Å². The highest BCUT2D eigenvalue weighted by molar-refractivity contribution is 5.94. The Morgan fingerprint density at radius 2 is 1.64 bits per heavy atom. The van der Waals surface area contributed by atoms with Crippen LogP contribution in [-0.2, 0) is 27.2 Å². The van der Waals surface area contributed by atoms with Gasteiger partial charge in [-0.3, -0.25) is 14.4 Å². The maximum Gasteiger partial charge on any atom is 0.227 e. The number of hydrogen-bond donors (Lipinski definition) is 1. The molecule has 0 saturated carbocycles. The molecule has 2 aromatic rings. The molecular weight excluding hydrogens is 425 g/mol. The predicted molar refractivity (Wildman–Crippen MR) is 121 cm³/mol. The maximum atomic E-state index is 13.0. The second kappa shape index (κ2) is 10.5. The Labute approximate surface area is 192 Å². The molecule has 2 aliphatic rings. The molecule has 3 amide bonds. The van der Waals surface area contributed by atoms with Gasteiger partial charge >= 0.3 is 0 Å². The molecule has 8 heteroatoms. The van der Waals surface area contributed by atoms with Gasteiger partial charge in [0.2, 0.25) is 17.7 Å². The number of carbonyl (C=O) groups is 3. The van der Waals surface area contributed by atoms with Gasteiger partial charge < -0.3 is 19.9 Å². The third-order valence-corrected chi connectivity index (χ3v) is 6.03. The van der Waals surface area contributed by atoms with Crippen molar-refractivity contribution in [2.24, 2.45) is 0 Å². The van der Waals surface area contributed by atoms with E-state index in [2.05, 4.69) is 5.32 Å². The molecule has 0 aliphatic carbocycles. The molecular formula is C25H28FN3O4. The van der Waals surface area contributed by atoms with Gasteiger partial charge in [-0.05, 0) is 54.3 Å². The van der Waals surface area contributed by atoms with Gasteiger partial charge in [-0.1, -0.05) is 12.1 Å². The number of rotatable bonds is 7. The van der Waals surface area contributed by atoms with Crippen molar-refractivity contribution in [1.29, 1.82) is 0 Å². The minimum Gasteiger partial charge on any atom is -0.494 e. The fourth-order valence-electron chi connectivity index (χ4n) is 4.12. The zero-order valence-electron chi connectivity index (χ0n) is 18.5. The van der Waals surface area contributed by atoms with Crippen LogP contribution < -0.4 is 10.1 Å². The summed E-state index contributed by atoms with van der Waals surface area (Å²) in [6.45, 7) is 2.49. The van der Waals surface area contributed by atoms with Gasteiger partial charge in [0.15, 0.2) is 0 Å². The number of anilines is 1. The van der Waals surface area contributed by atoms with E-state index in [1.54, 1.807) is 21.9 Å². The minimum atomic E-state index is -0.318. The third kappa shape index (κ3) is 6.09. The highest BCUT2D eigenvalue weighted by Gasteiger charge is 2.24. The number of amides is 3. The fraction of sp³-hybridized carbons (Fsp3) is 0.400. The van der Waals surface area contributed by atoms with Crippen LogP contribution in [0.15, 0.2) is 42.5 Å². The molecule has 0 aromatic heterocycles. The average Bonchev–Trinajstić information content (AvgIpc) is 2.83. The standard InChI is InChI=1S/C25H28FN3O4/c26-20-6-3-18(4-7-20)16-25(32)29-13-11-28(12-14-29)24(31)2-1-15-33-21-8-9-22-19(17-21)5-10-23(30)27-22/h3-4,6-9,17H,1-2,5,10-16H2,(H,27,30). The summed E-state index contributed by atoms with van der Waals surface area (Å²) in [4.78, 5) is 40.0. The lowest BCUT2D eigenvalue weighted by Crippen LogP contribution is -2.51. The van der Waals surface area contributed by atoms with Crippen LogP contribution in [0.2, 0.25) is 0 Å². The lowest BCUT2D eigenvalue weighted by atomic mass is 10.0. The molecule has 1 N–H and O–H groups in total. The van der Waals surface area contributed by atoms with E-state index in [-0.39, 0.29) is 30.0 Å². The summed E-state index contributed by atoms with van der Waals surface area (Å²) in [6.07, 6.45) is 2.42. The Hall–Kier alpha value is -3.42. The van der Waals surface area contributed by atoms with Crippen molar-refractivity contribution in [2.75, 3.05) is 38.1 Å². The van der Waals surface area contributed by atoms with Gasteiger partial charge in [-0.15, -0.1) is 0 Å². The Morgan fingerprint density at radius 3 is 2.36 bits per heavy atom. The van der Waals surface area contributed by atoms with Gasteiger partial charge in [0.25, 0.3) is 0 Å². The summed E-state index contributed by atoms with van der Waals surface area (Å²) in [5.74, 6) is 0.517. The second-order valence-electron chi connectivity index (χ2n) is 8.38. The largest absolute Gasteiger partial charge is 0.494 e. The van der Waals surface area contributed by atoms with Crippen LogP contribution in [0.25, 0.3) is 0 Å². The van der Waals surface area contributed by atoms with Gasteiger partial charge in [-0.25, -0.2) is 4.39 Å². The number of nitrogens with one attached hydrogen (secondary N) is 1. The zero-order chi connectivity index (χ0) is 23.2. The average molecular weight is 454 g/mol. The van der Waals surface area contributed by atoms with Crippen LogP contribution in [0.4, 0.5) is 10.1 Å². The molecule has 4 rings (SSSR count). The monoisotopic (exact) mass is 453 g/mol. The number of halogens is 1. The number of carbonyl (C=O) groups excluding carboxylic acids is 3. The number of benzene rings is 2. The van der Waals surface area contributed by atoms with Crippen LogP contribution >= 0.6 is 0 Å². The van der Waals surface area contributed by atoms with Crippen molar-refractivity contribution < 1.29 is 23.5 Å². The van der Waals surface area contributed by atoms with E-state index in [1.807, 2.05) is 18.2 Å². The highest BCUT2D eigenvalue weighted by Crippen LogP contribution is 2.26. The van der Waals surface area contributed by atoms with E-state index < -0.39 is 0 Å². The minimum absolute atomic E-state index is 0.00766. The summed E-state index contributed by atoms with van der Waals surface area (Å²) in [5.41, 5.74) is 2.68. The van der Waals surface area contributed by atoms with Crippen molar-refractivity contribution in [1.82, 2.24) is 9.80 Å². The van der Waals surface area contributed by atoms with E-state index in [9.17, 15) is 18.8 Å². The van der Waals surface area contributed by atoms with E-state index in [4.69, 9.17) is 4.74 Å². The van der Waals surface area contributed by atoms with Crippen molar-refractivity contribution in [3.8, 4) is 5.75 Å². The first-order valence-corrected chi connectivity index (χ1v) is 11.3. The molecule has 2 heterocycles. The van der Waals surface area contributed by atoms with Crippen LogP contribution in [0.5, 0.6) is 5.75 Å². The van der Waals surface area contributed by atoms with Gasteiger partial charge in [-0.2, -0.15) is 0 Å². The lowest BCUT2D eigenvalue weighted by Gasteiger charge is -2.35. The first kappa shape index (κ1) is 22.8. The molecule has 0 radical (unpaired) electrons. The number of piperazine rings is 1. The summed E-state index contributed by atoms with van der Waals surface area (Å²) in [5, 5.41) is 2.85. The maximum absolute atomic E-state index is 13.0. The summed E-state index contributed by atoms with van der Waals surface area (Å²) >= 11 is 0. The molecule has 0 unspecified atom stereocenters. The Balaban J connectivity index is 1.15. The molecule has 0 spiro atoms. The van der Waals surface area contributed by atoms with E-state index in [0.717, 1.165) is 22.6 Å². The van der Waals surface area contributed by atoms with E-state index in [1.165, 1.54) is 12.1 Å². The lowest BCUT2D eigenvalue weighted by molar-refractivity contribution is -0.139. The smallest absolute Gasteiger partial charge is 0.227 e. The van der Waals surface area contributed by atoms with Gasteiger partial charge in [0.1, 0.15) is 11.6 Å². The number of hydrogen-bond acceptors (Lipinski definition) is 4. The Bertz CT molecular complexity index is 1020. The SMILES string of the molecule is O=C1CCc2cc(OCCCC(=O)N3CCN(C(=O)Cc4ccc(F)cc4)CC3)ccc2N1. The van der Waals surface area contributed by atoms with Gasteiger partial charge in [0, 0.05) is 44.7 Å². The first-order valence-electron chi connectivity index (χ1n) is 11.3. The molecule has 1 saturated heterocycles. The van der Waals surface area contributed by atoms with E-state index >= 15 is 0 Å². The summed E-state index contributed by atoms with van der Waals surface area (Å²) < 4.78 is 18.8. The van der Waals surface area contributed by atoms with Crippen molar-refractivity contribution >= 4 is 23.4 Å². The molecule has 2 aliphatic heterocycles. The molecule has 1 fully saturated rings. The molecule has 2 aromatic carbocycles. The highest BCUT2D eigenvalue weighted by atomic mass is 19.1. The normalized spacial score (nSPS) is 15.6. The van der Waals surface area contributed by atoms with Gasteiger partial charge in [0.05, 0.1) is 13.0 Å². The molecule has 174 valence electrons. The Kier molecular flexibility index (Phi) is 7.22.